The van der Waals surface area contributed by atoms with E-state index in [9.17, 15) is 19.5 Å². The van der Waals surface area contributed by atoms with Gasteiger partial charge in [0, 0.05) is 11.4 Å². The SMILES string of the molecule is C[C@@H](C(=O)NC1CCCC1)n1nc(C(=O)O)c2ccccc2c1=O. The standard InChI is InChI=1S/C17H19N3O4/c1-10(15(21)18-11-6-2-3-7-11)20-16(22)13-9-5-4-8-12(13)14(19-20)17(23)24/h4-5,8-11H,2-3,6-7H2,1H3,(H,18,21)(H,23,24)/t10-/m0/s1. The van der Waals surface area contributed by atoms with Crippen molar-refractivity contribution in [2.75, 3.05) is 0 Å². The molecule has 0 bridgehead atoms. The minimum absolute atomic E-state index is 0.120. The van der Waals surface area contributed by atoms with Gasteiger partial charge in [-0.15, -0.1) is 0 Å². The Labute approximate surface area is 138 Å². The maximum Gasteiger partial charge on any atom is 0.357 e. The number of rotatable bonds is 4. The lowest BCUT2D eigenvalue weighted by atomic mass is 10.1. The van der Waals surface area contributed by atoms with Gasteiger partial charge in [-0.2, -0.15) is 5.10 Å². The van der Waals surface area contributed by atoms with Gasteiger partial charge in [0.2, 0.25) is 5.91 Å². The van der Waals surface area contributed by atoms with Crippen LogP contribution in [0.5, 0.6) is 0 Å². The van der Waals surface area contributed by atoms with Gasteiger partial charge in [-0.3, -0.25) is 9.59 Å². The van der Waals surface area contributed by atoms with Gasteiger partial charge in [0.15, 0.2) is 5.69 Å². The molecule has 2 aromatic rings. The molecule has 2 N–H and O–H groups in total. The largest absolute Gasteiger partial charge is 0.476 e. The van der Waals surface area contributed by atoms with E-state index in [1.54, 1.807) is 31.2 Å². The molecule has 1 aliphatic rings. The van der Waals surface area contributed by atoms with E-state index >= 15 is 0 Å². The zero-order valence-corrected chi connectivity index (χ0v) is 13.4. The number of nitrogens with zero attached hydrogens (tertiary/aromatic N) is 2. The minimum Gasteiger partial charge on any atom is -0.476 e. The van der Waals surface area contributed by atoms with E-state index < -0.39 is 17.6 Å². The van der Waals surface area contributed by atoms with Crippen LogP contribution in [-0.2, 0) is 4.79 Å². The van der Waals surface area contributed by atoms with Crippen molar-refractivity contribution in [3.63, 3.8) is 0 Å². The molecule has 126 valence electrons. The summed E-state index contributed by atoms with van der Waals surface area (Å²) in [5, 5.41) is 16.7. The second-order valence-corrected chi connectivity index (χ2v) is 6.12. The van der Waals surface area contributed by atoms with Crippen LogP contribution in [0, 0.1) is 0 Å². The van der Waals surface area contributed by atoms with Crippen LogP contribution in [0.25, 0.3) is 10.8 Å². The predicted molar refractivity (Wildman–Crippen MR) is 88.1 cm³/mol. The monoisotopic (exact) mass is 329 g/mol. The summed E-state index contributed by atoms with van der Waals surface area (Å²) in [6.45, 7) is 1.55. The Bertz CT molecular complexity index is 853. The number of carbonyl (C=O) groups excluding carboxylic acids is 1. The maximum absolute atomic E-state index is 12.6. The topological polar surface area (TPSA) is 101 Å². The van der Waals surface area contributed by atoms with Crippen LogP contribution < -0.4 is 10.9 Å². The average Bonchev–Trinajstić information content (AvgIpc) is 3.07. The molecule has 0 aliphatic heterocycles. The van der Waals surface area contributed by atoms with Gasteiger partial charge in [-0.05, 0) is 25.8 Å². The second-order valence-electron chi connectivity index (χ2n) is 6.12. The molecule has 1 atom stereocenters. The number of aromatic nitrogens is 2. The fourth-order valence-electron chi connectivity index (χ4n) is 3.13. The molecule has 1 saturated carbocycles. The molecule has 0 saturated heterocycles. The first-order valence-corrected chi connectivity index (χ1v) is 8.04. The number of carboxylic acid groups (broad SMARTS) is 1. The van der Waals surface area contributed by atoms with Crippen LogP contribution in [0.2, 0.25) is 0 Å². The van der Waals surface area contributed by atoms with Crippen molar-refractivity contribution in [1.29, 1.82) is 0 Å². The lowest BCUT2D eigenvalue weighted by molar-refractivity contribution is -0.124. The molecule has 24 heavy (non-hydrogen) atoms. The first kappa shape index (κ1) is 16.2. The van der Waals surface area contributed by atoms with Crippen LogP contribution >= 0.6 is 0 Å². The summed E-state index contributed by atoms with van der Waals surface area (Å²) in [5.41, 5.74) is -0.699. The summed E-state index contributed by atoms with van der Waals surface area (Å²) in [4.78, 5) is 36.5. The van der Waals surface area contributed by atoms with E-state index in [2.05, 4.69) is 10.4 Å². The summed E-state index contributed by atoms with van der Waals surface area (Å²) >= 11 is 0. The van der Waals surface area contributed by atoms with Crippen LogP contribution in [0.4, 0.5) is 0 Å². The zero-order valence-electron chi connectivity index (χ0n) is 13.4. The third kappa shape index (κ3) is 2.89. The Hall–Kier alpha value is -2.70. The Morgan fingerprint density at radius 2 is 1.88 bits per heavy atom. The molecular formula is C17H19N3O4. The van der Waals surface area contributed by atoms with Crippen molar-refractivity contribution in [2.45, 2.75) is 44.7 Å². The maximum atomic E-state index is 12.6. The predicted octanol–water partition coefficient (Wildman–Crippen LogP) is 1.71. The highest BCUT2D eigenvalue weighted by molar-refractivity contribution is 6.01. The van der Waals surface area contributed by atoms with Gasteiger partial charge in [0.25, 0.3) is 5.56 Å². The van der Waals surface area contributed by atoms with E-state index in [-0.39, 0.29) is 28.4 Å². The number of amides is 1. The molecule has 1 amide bonds. The van der Waals surface area contributed by atoms with Crippen molar-refractivity contribution in [3.05, 3.63) is 40.3 Å². The zero-order chi connectivity index (χ0) is 17.3. The number of carboxylic acids is 1. The number of hydrogen-bond donors (Lipinski definition) is 2. The fraction of sp³-hybridized carbons (Fsp3) is 0.412. The Balaban J connectivity index is 2.01. The molecule has 0 unspecified atom stereocenters. The summed E-state index contributed by atoms with van der Waals surface area (Å²) < 4.78 is 0.968. The first-order valence-electron chi connectivity index (χ1n) is 8.04. The van der Waals surface area contributed by atoms with Gasteiger partial charge in [0.05, 0.1) is 5.39 Å². The molecule has 1 aliphatic carbocycles. The summed E-state index contributed by atoms with van der Waals surface area (Å²) in [6.07, 6.45) is 4.02. The van der Waals surface area contributed by atoms with Crippen molar-refractivity contribution in [3.8, 4) is 0 Å². The Morgan fingerprint density at radius 1 is 1.25 bits per heavy atom. The van der Waals surface area contributed by atoms with Crippen LogP contribution in [-0.4, -0.2) is 32.8 Å². The molecule has 1 fully saturated rings. The molecule has 1 aromatic carbocycles. The molecule has 1 aromatic heterocycles. The molecular weight excluding hydrogens is 310 g/mol. The smallest absolute Gasteiger partial charge is 0.357 e. The number of carbonyl (C=O) groups is 2. The quantitative estimate of drug-likeness (QED) is 0.889. The highest BCUT2D eigenvalue weighted by Gasteiger charge is 2.25. The Kier molecular flexibility index (Phi) is 4.33. The lowest BCUT2D eigenvalue weighted by Gasteiger charge is -2.18. The van der Waals surface area contributed by atoms with Crippen molar-refractivity contribution >= 4 is 22.6 Å². The Morgan fingerprint density at radius 3 is 2.50 bits per heavy atom. The normalized spacial score (nSPS) is 16.2. The van der Waals surface area contributed by atoms with Gasteiger partial charge in [-0.1, -0.05) is 31.0 Å². The molecule has 0 spiro atoms. The molecule has 0 radical (unpaired) electrons. The molecule has 7 heteroatoms. The van der Waals surface area contributed by atoms with Crippen LogP contribution in [0.15, 0.2) is 29.1 Å². The molecule has 3 rings (SSSR count). The summed E-state index contributed by atoms with van der Waals surface area (Å²) in [6, 6.07) is 5.64. The lowest BCUT2D eigenvalue weighted by Crippen LogP contribution is -2.41. The van der Waals surface area contributed by atoms with Gasteiger partial charge < -0.3 is 10.4 Å². The van der Waals surface area contributed by atoms with E-state index in [0.717, 1.165) is 30.4 Å². The number of fused-ring (bicyclic) bond motifs is 1. The van der Waals surface area contributed by atoms with Crippen molar-refractivity contribution in [2.24, 2.45) is 0 Å². The number of hydrogen-bond acceptors (Lipinski definition) is 4. The van der Waals surface area contributed by atoms with E-state index in [1.807, 2.05) is 0 Å². The number of nitrogens with one attached hydrogen (secondary N) is 1. The van der Waals surface area contributed by atoms with Crippen molar-refractivity contribution < 1.29 is 14.7 Å². The minimum atomic E-state index is -1.23. The third-order valence-electron chi connectivity index (χ3n) is 4.48. The second kappa shape index (κ2) is 6.43. The van der Waals surface area contributed by atoms with Crippen LogP contribution in [0.1, 0.15) is 49.1 Å². The number of benzene rings is 1. The van der Waals surface area contributed by atoms with Gasteiger partial charge >= 0.3 is 5.97 Å². The highest BCUT2D eigenvalue weighted by Crippen LogP contribution is 2.19. The van der Waals surface area contributed by atoms with E-state index in [0.29, 0.717) is 0 Å². The molecule has 7 nitrogen and oxygen atoms in total. The average molecular weight is 329 g/mol. The highest BCUT2D eigenvalue weighted by atomic mass is 16.4. The van der Waals surface area contributed by atoms with E-state index in [1.165, 1.54) is 0 Å². The summed E-state index contributed by atoms with van der Waals surface area (Å²) in [7, 11) is 0. The fourth-order valence-corrected chi connectivity index (χ4v) is 3.13. The van der Waals surface area contributed by atoms with Gasteiger partial charge in [-0.25, -0.2) is 9.48 Å². The van der Waals surface area contributed by atoms with Crippen molar-refractivity contribution in [1.82, 2.24) is 15.1 Å². The molecule has 1 heterocycles. The van der Waals surface area contributed by atoms with Crippen LogP contribution in [0.3, 0.4) is 0 Å². The number of aromatic carboxylic acids is 1. The summed E-state index contributed by atoms with van der Waals surface area (Å²) in [5.74, 6) is -1.55. The van der Waals surface area contributed by atoms with E-state index in [4.69, 9.17) is 0 Å². The first-order chi connectivity index (χ1) is 11.5. The van der Waals surface area contributed by atoms with Gasteiger partial charge in [0.1, 0.15) is 6.04 Å². The third-order valence-corrected chi connectivity index (χ3v) is 4.48.